The van der Waals surface area contributed by atoms with Crippen LogP contribution in [-0.4, -0.2) is 38.8 Å². The minimum atomic E-state index is -2.45. The fourth-order valence-electron chi connectivity index (χ4n) is 5.64. The molecule has 0 spiro atoms. The Bertz CT molecular complexity index is 794. The van der Waals surface area contributed by atoms with Crippen LogP contribution in [0.1, 0.15) is 73.1 Å². The Morgan fingerprint density at radius 3 is 2.09 bits per heavy atom. The van der Waals surface area contributed by atoms with Crippen molar-refractivity contribution in [3.05, 3.63) is 60.7 Å². The topological polar surface area (TPSA) is 38.7 Å². The standard InChI is InChI=1S/C30H46O3Si/c1-24(14-12-13-19-29-25(2)22-26(33-29)20-21-31)23-32-34(30(3,4)5,27-15-8-6-9-16-27)28-17-10-7-11-18-28/h6-11,15-18,24-26,29,31H,12-14,19-23H2,1-5H3/t24-,25-,26-,29-/m0/s1. The van der Waals surface area contributed by atoms with Crippen LogP contribution in [0.3, 0.4) is 0 Å². The first-order valence-electron chi connectivity index (χ1n) is 13.3. The van der Waals surface area contributed by atoms with Gasteiger partial charge >= 0.3 is 0 Å². The van der Waals surface area contributed by atoms with Gasteiger partial charge in [0, 0.05) is 13.2 Å². The van der Waals surface area contributed by atoms with E-state index in [0.717, 1.165) is 25.9 Å². The van der Waals surface area contributed by atoms with Gasteiger partial charge in [-0.2, -0.15) is 0 Å². The number of unbranched alkanes of at least 4 members (excludes halogenated alkanes) is 1. The lowest BCUT2D eigenvalue weighted by atomic mass is 9.95. The molecule has 2 aromatic rings. The Balaban J connectivity index is 1.60. The number of hydrogen-bond acceptors (Lipinski definition) is 3. The van der Waals surface area contributed by atoms with E-state index in [1.807, 2.05) is 0 Å². The van der Waals surface area contributed by atoms with Gasteiger partial charge in [0.05, 0.1) is 12.2 Å². The Morgan fingerprint density at radius 1 is 0.971 bits per heavy atom. The molecule has 0 bridgehead atoms. The van der Waals surface area contributed by atoms with Gasteiger partial charge in [-0.3, -0.25) is 0 Å². The van der Waals surface area contributed by atoms with Gasteiger partial charge in [-0.15, -0.1) is 0 Å². The summed E-state index contributed by atoms with van der Waals surface area (Å²) in [6.45, 7) is 12.7. The van der Waals surface area contributed by atoms with E-state index in [0.29, 0.717) is 17.9 Å². The third-order valence-electron chi connectivity index (χ3n) is 7.52. The zero-order valence-corrected chi connectivity index (χ0v) is 23.0. The lowest BCUT2D eigenvalue weighted by molar-refractivity contribution is 0.0181. The summed E-state index contributed by atoms with van der Waals surface area (Å²) in [6.07, 6.45) is 7.20. The first kappa shape index (κ1) is 27.1. The van der Waals surface area contributed by atoms with E-state index < -0.39 is 8.32 Å². The third-order valence-corrected chi connectivity index (χ3v) is 12.5. The fraction of sp³-hybridized carbons (Fsp3) is 0.600. The highest BCUT2D eigenvalue weighted by atomic mass is 28.4. The minimum Gasteiger partial charge on any atom is -0.407 e. The molecule has 4 atom stereocenters. The SMILES string of the molecule is C[C@@H](CCCC[C@@H]1O[C@@H](CCO)C[C@@H]1C)CO[Si](c1ccccc1)(c1ccccc1)C(C)(C)C. The lowest BCUT2D eigenvalue weighted by Gasteiger charge is -2.43. The quantitative estimate of drug-likeness (QED) is 0.301. The molecule has 0 unspecified atom stereocenters. The van der Waals surface area contributed by atoms with Crippen LogP contribution >= 0.6 is 0 Å². The summed E-state index contributed by atoms with van der Waals surface area (Å²) in [7, 11) is -2.45. The van der Waals surface area contributed by atoms with Gasteiger partial charge in [-0.25, -0.2) is 0 Å². The van der Waals surface area contributed by atoms with Crippen molar-refractivity contribution in [2.24, 2.45) is 11.8 Å². The molecule has 1 aliphatic rings. The molecule has 0 aliphatic carbocycles. The van der Waals surface area contributed by atoms with Gasteiger partial charge in [-0.05, 0) is 52.9 Å². The van der Waals surface area contributed by atoms with Crippen molar-refractivity contribution in [3.63, 3.8) is 0 Å². The first-order chi connectivity index (χ1) is 16.3. The van der Waals surface area contributed by atoms with Crippen molar-refractivity contribution < 1.29 is 14.3 Å². The number of aliphatic hydroxyl groups excluding tert-OH is 1. The van der Waals surface area contributed by atoms with E-state index in [9.17, 15) is 5.11 Å². The fourth-order valence-corrected chi connectivity index (χ4v) is 10.3. The summed E-state index contributed by atoms with van der Waals surface area (Å²) < 4.78 is 13.3. The molecular formula is C30H46O3Si. The molecule has 1 aliphatic heterocycles. The summed E-state index contributed by atoms with van der Waals surface area (Å²) in [4.78, 5) is 0. The maximum Gasteiger partial charge on any atom is 0.261 e. The largest absolute Gasteiger partial charge is 0.407 e. The van der Waals surface area contributed by atoms with Gasteiger partial charge in [-0.1, -0.05) is 108 Å². The number of benzene rings is 2. The molecule has 1 fully saturated rings. The van der Waals surface area contributed by atoms with Crippen LogP contribution in [0.4, 0.5) is 0 Å². The van der Waals surface area contributed by atoms with E-state index in [1.165, 1.54) is 29.6 Å². The van der Waals surface area contributed by atoms with Crippen LogP contribution in [0, 0.1) is 11.8 Å². The molecular weight excluding hydrogens is 436 g/mol. The second-order valence-electron chi connectivity index (χ2n) is 11.4. The van der Waals surface area contributed by atoms with Crippen LogP contribution < -0.4 is 10.4 Å². The van der Waals surface area contributed by atoms with Gasteiger partial charge in [0.25, 0.3) is 8.32 Å². The van der Waals surface area contributed by atoms with E-state index in [-0.39, 0.29) is 17.7 Å². The summed E-state index contributed by atoms with van der Waals surface area (Å²) >= 11 is 0. The van der Waals surface area contributed by atoms with E-state index in [1.54, 1.807) is 0 Å². The number of aliphatic hydroxyl groups is 1. The van der Waals surface area contributed by atoms with Crippen LogP contribution in [0.25, 0.3) is 0 Å². The lowest BCUT2D eigenvalue weighted by Crippen LogP contribution is -2.66. The molecule has 1 heterocycles. The molecule has 3 nitrogen and oxygen atoms in total. The van der Waals surface area contributed by atoms with Crippen LogP contribution in [0.5, 0.6) is 0 Å². The summed E-state index contributed by atoms with van der Waals surface area (Å²) in [5.41, 5.74) is 0. The molecule has 0 saturated carbocycles. The van der Waals surface area contributed by atoms with Crippen molar-refractivity contribution in [3.8, 4) is 0 Å². The molecule has 4 heteroatoms. The molecule has 1 N–H and O–H groups in total. The predicted octanol–water partition coefficient (Wildman–Crippen LogP) is 5.94. The van der Waals surface area contributed by atoms with Crippen molar-refractivity contribution in [1.82, 2.24) is 0 Å². The zero-order valence-electron chi connectivity index (χ0n) is 22.0. The molecule has 1 saturated heterocycles. The molecule has 2 aromatic carbocycles. The van der Waals surface area contributed by atoms with Gasteiger partial charge in [0.1, 0.15) is 0 Å². The van der Waals surface area contributed by atoms with E-state index >= 15 is 0 Å². The van der Waals surface area contributed by atoms with Crippen LogP contribution in [0.15, 0.2) is 60.7 Å². The Hall–Kier alpha value is -1.46. The molecule has 0 aromatic heterocycles. The number of hydrogen-bond donors (Lipinski definition) is 1. The number of ether oxygens (including phenoxy) is 1. The second-order valence-corrected chi connectivity index (χ2v) is 15.7. The van der Waals surface area contributed by atoms with Gasteiger partial charge < -0.3 is 14.3 Å². The van der Waals surface area contributed by atoms with Gasteiger partial charge in [0.2, 0.25) is 0 Å². The highest BCUT2D eigenvalue weighted by Gasteiger charge is 2.50. The highest BCUT2D eigenvalue weighted by Crippen LogP contribution is 2.37. The third kappa shape index (κ3) is 6.60. The highest BCUT2D eigenvalue weighted by molar-refractivity contribution is 6.99. The molecule has 0 radical (unpaired) electrons. The van der Waals surface area contributed by atoms with Crippen LogP contribution in [-0.2, 0) is 9.16 Å². The summed E-state index contributed by atoms with van der Waals surface area (Å²) in [5, 5.41) is 11.9. The molecule has 0 amide bonds. The van der Waals surface area contributed by atoms with Crippen molar-refractivity contribution in [1.29, 1.82) is 0 Å². The Kier molecular flexibility index (Phi) is 9.96. The molecule has 3 rings (SSSR count). The average Bonchev–Trinajstić information content (AvgIpc) is 3.17. The summed E-state index contributed by atoms with van der Waals surface area (Å²) in [6, 6.07) is 21.9. The van der Waals surface area contributed by atoms with Crippen LogP contribution in [0.2, 0.25) is 5.04 Å². The second kappa shape index (κ2) is 12.5. The number of rotatable bonds is 12. The maximum atomic E-state index is 9.19. The molecule has 34 heavy (non-hydrogen) atoms. The van der Waals surface area contributed by atoms with E-state index in [4.69, 9.17) is 9.16 Å². The Labute approximate surface area is 209 Å². The van der Waals surface area contributed by atoms with E-state index in [2.05, 4.69) is 95.3 Å². The first-order valence-corrected chi connectivity index (χ1v) is 15.2. The predicted molar refractivity (Wildman–Crippen MR) is 145 cm³/mol. The summed E-state index contributed by atoms with van der Waals surface area (Å²) in [5.74, 6) is 1.12. The zero-order chi connectivity index (χ0) is 24.6. The van der Waals surface area contributed by atoms with Crippen molar-refractivity contribution in [2.75, 3.05) is 13.2 Å². The van der Waals surface area contributed by atoms with Gasteiger partial charge in [0.15, 0.2) is 0 Å². The normalized spacial score (nSPS) is 22.1. The Morgan fingerprint density at radius 2 is 1.56 bits per heavy atom. The smallest absolute Gasteiger partial charge is 0.261 e. The van der Waals surface area contributed by atoms with Crippen molar-refractivity contribution in [2.45, 2.75) is 90.4 Å². The molecule has 188 valence electrons. The monoisotopic (exact) mass is 482 g/mol. The minimum absolute atomic E-state index is 0.0243. The average molecular weight is 483 g/mol. The maximum absolute atomic E-state index is 9.19. The van der Waals surface area contributed by atoms with Crippen molar-refractivity contribution >= 4 is 18.7 Å².